The van der Waals surface area contributed by atoms with Crippen LogP contribution in [0.25, 0.3) is 0 Å². The highest BCUT2D eigenvalue weighted by Gasteiger charge is 2.23. The molecule has 1 aliphatic carbocycles. The van der Waals surface area contributed by atoms with Gasteiger partial charge in [-0.25, -0.2) is 8.78 Å². The second kappa shape index (κ2) is 6.21. The van der Waals surface area contributed by atoms with Gasteiger partial charge in [-0.2, -0.15) is 4.98 Å². The summed E-state index contributed by atoms with van der Waals surface area (Å²) in [4.78, 5) is 16.1. The van der Waals surface area contributed by atoms with Crippen LogP contribution in [-0.2, 0) is 6.54 Å². The van der Waals surface area contributed by atoms with Crippen molar-refractivity contribution in [3.63, 3.8) is 0 Å². The van der Waals surface area contributed by atoms with E-state index >= 15 is 0 Å². The van der Waals surface area contributed by atoms with Crippen LogP contribution in [0.4, 0.5) is 8.78 Å². The van der Waals surface area contributed by atoms with Crippen molar-refractivity contribution in [1.82, 2.24) is 15.5 Å². The van der Waals surface area contributed by atoms with Gasteiger partial charge in [-0.05, 0) is 31.0 Å². The number of carbonyl (C=O) groups excluding carboxylic acids is 1. The van der Waals surface area contributed by atoms with Crippen molar-refractivity contribution in [2.24, 2.45) is 0 Å². The van der Waals surface area contributed by atoms with Gasteiger partial charge in [-0.1, -0.05) is 18.0 Å². The monoisotopic (exact) mass is 307 g/mol. The summed E-state index contributed by atoms with van der Waals surface area (Å²) in [5, 5.41) is 6.38. The molecular formula is C15H15F2N3O2. The van der Waals surface area contributed by atoms with Crippen molar-refractivity contribution in [2.75, 3.05) is 0 Å². The summed E-state index contributed by atoms with van der Waals surface area (Å²) in [6, 6.07) is 2.98. The minimum atomic E-state index is -1.06. The predicted molar refractivity (Wildman–Crippen MR) is 73.0 cm³/mol. The standard InChI is InChI=1S/C15H15F2N3O2/c16-11-6-5-10(7-12(11)17)14(21)18-8-13-19-15(22-20-13)9-3-1-2-4-9/h5-7,9H,1-4,8H2,(H,18,21). The lowest BCUT2D eigenvalue weighted by Crippen LogP contribution is -2.23. The number of rotatable bonds is 4. The molecule has 1 saturated carbocycles. The lowest BCUT2D eigenvalue weighted by Gasteiger charge is -2.03. The number of carbonyl (C=O) groups is 1. The van der Waals surface area contributed by atoms with Gasteiger partial charge in [0.1, 0.15) is 0 Å². The molecule has 0 unspecified atom stereocenters. The van der Waals surface area contributed by atoms with Crippen molar-refractivity contribution < 1.29 is 18.1 Å². The Morgan fingerprint density at radius 1 is 1.27 bits per heavy atom. The van der Waals surface area contributed by atoms with E-state index in [9.17, 15) is 13.6 Å². The molecule has 1 aliphatic rings. The highest BCUT2D eigenvalue weighted by atomic mass is 19.2. The van der Waals surface area contributed by atoms with E-state index in [-0.39, 0.29) is 12.1 Å². The fraction of sp³-hybridized carbons (Fsp3) is 0.400. The number of nitrogens with one attached hydrogen (secondary N) is 1. The fourth-order valence-electron chi connectivity index (χ4n) is 2.58. The van der Waals surface area contributed by atoms with Gasteiger partial charge < -0.3 is 9.84 Å². The second-order valence-electron chi connectivity index (χ2n) is 5.34. The third-order valence-electron chi connectivity index (χ3n) is 3.78. The summed E-state index contributed by atoms with van der Waals surface area (Å²) in [5.74, 6) is -1.28. The first-order valence-electron chi connectivity index (χ1n) is 7.19. The molecule has 7 heteroatoms. The Morgan fingerprint density at radius 2 is 2.05 bits per heavy atom. The fourth-order valence-corrected chi connectivity index (χ4v) is 2.58. The molecule has 116 valence electrons. The normalized spacial score (nSPS) is 15.2. The molecule has 1 amide bonds. The topological polar surface area (TPSA) is 68.0 Å². The summed E-state index contributed by atoms with van der Waals surface area (Å²) in [5.41, 5.74) is 0.0402. The first-order valence-corrected chi connectivity index (χ1v) is 7.19. The third-order valence-corrected chi connectivity index (χ3v) is 3.78. The average Bonchev–Trinajstić information content (AvgIpc) is 3.18. The number of hydrogen-bond acceptors (Lipinski definition) is 4. The highest BCUT2D eigenvalue weighted by molar-refractivity contribution is 5.94. The Bertz CT molecular complexity index is 681. The van der Waals surface area contributed by atoms with Crippen molar-refractivity contribution >= 4 is 5.91 Å². The van der Waals surface area contributed by atoms with Crippen molar-refractivity contribution in [3.8, 4) is 0 Å². The molecule has 0 saturated heterocycles. The van der Waals surface area contributed by atoms with E-state index < -0.39 is 17.5 Å². The van der Waals surface area contributed by atoms with Crippen molar-refractivity contribution in [3.05, 3.63) is 47.1 Å². The highest BCUT2D eigenvalue weighted by Crippen LogP contribution is 2.32. The molecule has 1 fully saturated rings. The van der Waals surface area contributed by atoms with Gasteiger partial charge in [-0.15, -0.1) is 0 Å². The largest absolute Gasteiger partial charge is 0.345 e. The van der Waals surface area contributed by atoms with E-state index in [1.54, 1.807) is 0 Å². The SMILES string of the molecule is O=C(NCc1noc(C2CCCC2)n1)c1ccc(F)c(F)c1. The lowest BCUT2D eigenvalue weighted by molar-refractivity contribution is 0.0949. The Kier molecular flexibility index (Phi) is 4.13. The molecule has 0 aliphatic heterocycles. The van der Waals surface area contributed by atoms with E-state index in [4.69, 9.17) is 4.52 Å². The Morgan fingerprint density at radius 3 is 2.77 bits per heavy atom. The van der Waals surface area contributed by atoms with Gasteiger partial charge in [0.15, 0.2) is 17.5 Å². The molecule has 1 N–H and O–H groups in total. The second-order valence-corrected chi connectivity index (χ2v) is 5.34. The van der Waals surface area contributed by atoms with Crippen LogP contribution in [0.15, 0.2) is 22.7 Å². The molecular weight excluding hydrogens is 292 g/mol. The summed E-state index contributed by atoms with van der Waals surface area (Å²) < 4.78 is 31.1. The van der Waals surface area contributed by atoms with Gasteiger partial charge in [0.05, 0.1) is 6.54 Å². The summed E-state index contributed by atoms with van der Waals surface area (Å²) in [6.07, 6.45) is 4.41. The zero-order valence-corrected chi connectivity index (χ0v) is 11.8. The van der Waals surface area contributed by atoms with Crippen LogP contribution in [0.5, 0.6) is 0 Å². The van der Waals surface area contributed by atoms with E-state index in [1.165, 1.54) is 6.07 Å². The average molecular weight is 307 g/mol. The van der Waals surface area contributed by atoms with Crippen LogP contribution >= 0.6 is 0 Å². The van der Waals surface area contributed by atoms with Crippen LogP contribution in [-0.4, -0.2) is 16.0 Å². The molecule has 0 radical (unpaired) electrons. The minimum Gasteiger partial charge on any atom is -0.345 e. The lowest BCUT2D eigenvalue weighted by atomic mass is 10.1. The molecule has 3 rings (SSSR count). The van der Waals surface area contributed by atoms with Crippen LogP contribution in [0, 0.1) is 11.6 Å². The maximum atomic E-state index is 13.1. The molecule has 0 bridgehead atoms. The zero-order valence-electron chi connectivity index (χ0n) is 11.8. The number of hydrogen-bond donors (Lipinski definition) is 1. The molecule has 1 aromatic carbocycles. The first-order chi connectivity index (χ1) is 10.6. The Balaban J connectivity index is 1.59. The van der Waals surface area contributed by atoms with Crippen LogP contribution in [0.2, 0.25) is 0 Å². The maximum absolute atomic E-state index is 13.1. The van der Waals surface area contributed by atoms with Crippen LogP contribution in [0.3, 0.4) is 0 Å². The minimum absolute atomic E-state index is 0.0402. The number of nitrogens with zero attached hydrogens (tertiary/aromatic N) is 2. The van der Waals surface area contributed by atoms with Crippen molar-refractivity contribution in [1.29, 1.82) is 0 Å². The summed E-state index contributed by atoms with van der Waals surface area (Å²) in [6.45, 7) is 0.0774. The Hall–Kier alpha value is -2.31. The van der Waals surface area contributed by atoms with E-state index in [0.29, 0.717) is 17.6 Å². The van der Waals surface area contributed by atoms with Gasteiger partial charge in [-0.3, -0.25) is 4.79 Å². The molecule has 22 heavy (non-hydrogen) atoms. The molecule has 2 aromatic rings. The third kappa shape index (κ3) is 3.13. The van der Waals surface area contributed by atoms with Crippen molar-refractivity contribution in [2.45, 2.75) is 38.1 Å². The van der Waals surface area contributed by atoms with Crippen LogP contribution in [0.1, 0.15) is 53.7 Å². The van der Waals surface area contributed by atoms with E-state index in [0.717, 1.165) is 37.8 Å². The Labute approximate surface area is 125 Å². The quantitative estimate of drug-likeness (QED) is 0.943. The summed E-state index contributed by atoms with van der Waals surface area (Å²) >= 11 is 0. The van der Waals surface area contributed by atoms with Gasteiger partial charge in [0, 0.05) is 11.5 Å². The molecule has 1 heterocycles. The van der Waals surface area contributed by atoms with E-state index in [2.05, 4.69) is 15.5 Å². The van der Waals surface area contributed by atoms with Gasteiger partial charge in [0.25, 0.3) is 5.91 Å². The smallest absolute Gasteiger partial charge is 0.251 e. The number of halogens is 2. The zero-order chi connectivity index (χ0) is 15.5. The predicted octanol–water partition coefficient (Wildman–Crippen LogP) is 2.94. The molecule has 5 nitrogen and oxygen atoms in total. The number of benzene rings is 1. The first kappa shape index (κ1) is 14.6. The van der Waals surface area contributed by atoms with Gasteiger partial charge >= 0.3 is 0 Å². The molecule has 1 aromatic heterocycles. The molecule has 0 spiro atoms. The number of amides is 1. The maximum Gasteiger partial charge on any atom is 0.251 e. The molecule has 0 atom stereocenters. The summed E-state index contributed by atoms with van der Waals surface area (Å²) in [7, 11) is 0. The number of aromatic nitrogens is 2. The van der Waals surface area contributed by atoms with E-state index in [1.807, 2.05) is 0 Å². The van der Waals surface area contributed by atoms with Gasteiger partial charge in [0.2, 0.25) is 5.89 Å². The van der Waals surface area contributed by atoms with Crippen LogP contribution < -0.4 is 5.32 Å².